The monoisotopic (exact) mass is 330 g/mol. The first kappa shape index (κ1) is 15.7. The number of hydrogen-bond acceptors (Lipinski definition) is 3. The standard InChI is InChI=1S/C18H19ClN2O2/c1-23-17-5-3-2-4-16(17)20-10-12-21(13-11-20)18(22)14-6-8-15(19)9-7-14/h2-9H,10-13H2,1H3. The molecule has 0 atom stereocenters. The molecule has 0 radical (unpaired) electrons. The highest BCUT2D eigenvalue weighted by molar-refractivity contribution is 6.30. The highest BCUT2D eigenvalue weighted by atomic mass is 35.5. The number of para-hydroxylation sites is 2. The number of benzene rings is 2. The molecule has 3 rings (SSSR count). The number of carbonyl (C=O) groups excluding carboxylic acids is 1. The maximum Gasteiger partial charge on any atom is 0.253 e. The Labute approximate surface area is 141 Å². The van der Waals surface area contributed by atoms with Crippen molar-refractivity contribution in [2.75, 3.05) is 38.2 Å². The van der Waals surface area contributed by atoms with E-state index in [0.29, 0.717) is 23.7 Å². The van der Waals surface area contributed by atoms with Crippen molar-refractivity contribution in [2.45, 2.75) is 0 Å². The van der Waals surface area contributed by atoms with Gasteiger partial charge in [0, 0.05) is 36.8 Å². The fraction of sp³-hybridized carbons (Fsp3) is 0.278. The molecule has 1 heterocycles. The summed E-state index contributed by atoms with van der Waals surface area (Å²) in [5.41, 5.74) is 1.76. The highest BCUT2D eigenvalue weighted by Gasteiger charge is 2.23. The summed E-state index contributed by atoms with van der Waals surface area (Å²) >= 11 is 5.87. The molecule has 1 aliphatic rings. The molecule has 0 aliphatic carbocycles. The predicted molar refractivity (Wildman–Crippen MR) is 92.6 cm³/mol. The van der Waals surface area contributed by atoms with Crippen LogP contribution in [0.2, 0.25) is 5.02 Å². The number of carbonyl (C=O) groups is 1. The van der Waals surface area contributed by atoms with E-state index in [9.17, 15) is 4.79 Å². The Hall–Kier alpha value is -2.20. The maximum atomic E-state index is 12.5. The van der Waals surface area contributed by atoms with Crippen LogP contribution in [0.5, 0.6) is 5.75 Å². The molecule has 1 fully saturated rings. The van der Waals surface area contributed by atoms with Gasteiger partial charge in [0.2, 0.25) is 0 Å². The molecule has 0 spiro atoms. The number of amides is 1. The molecule has 0 saturated carbocycles. The Morgan fingerprint density at radius 3 is 2.30 bits per heavy atom. The van der Waals surface area contributed by atoms with Crippen LogP contribution in [0.15, 0.2) is 48.5 Å². The Kier molecular flexibility index (Phi) is 4.72. The van der Waals surface area contributed by atoms with Crippen molar-refractivity contribution in [1.29, 1.82) is 0 Å². The Morgan fingerprint density at radius 2 is 1.65 bits per heavy atom. The molecule has 1 amide bonds. The van der Waals surface area contributed by atoms with Gasteiger partial charge < -0.3 is 14.5 Å². The molecule has 120 valence electrons. The van der Waals surface area contributed by atoms with Gasteiger partial charge >= 0.3 is 0 Å². The summed E-state index contributed by atoms with van der Waals surface area (Å²) in [6.45, 7) is 2.97. The van der Waals surface area contributed by atoms with E-state index < -0.39 is 0 Å². The first-order valence-electron chi connectivity index (χ1n) is 7.62. The summed E-state index contributed by atoms with van der Waals surface area (Å²) in [4.78, 5) is 16.7. The quantitative estimate of drug-likeness (QED) is 0.865. The van der Waals surface area contributed by atoms with Crippen molar-refractivity contribution in [3.8, 4) is 5.75 Å². The van der Waals surface area contributed by atoms with Gasteiger partial charge in [0.1, 0.15) is 5.75 Å². The Bertz CT molecular complexity index is 680. The molecular formula is C18H19ClN2O2. The summed E-state index contributed by atoms with van der Waals surface area (Å²) in [5, 5.41) is 0.641. The van der Waals surface area contributed by atoms with Gasteiger partial charge in [-0.2, -0.15) is 0 Å². The molecule has 0 aromatic heterocycles. The van der Waals surface area contributed by atoms with E-state index in [1.165, 1.54) is 0 Å². The lowest BCUT2D eigenvalue weighted by molar-refractivity contribution is 0.0746. The number of hydrogen-bond donors (Lipinski definition) is 0. The van der Waals surface area contributed by atoms with Crippen LogP contribution in [0.1, 0.15) is 10.4 Å². The number of rotatable bonds is 3. The van der Waals surface area contributed by atoms with Crippen LogP contribution in [0, 0.1) is 0 Å². The van der Waals surface area contributed by atoms with Gasteiger partial charge in [-0.3, -0.25) is 4.79 Å². The zero-order chi connectivity index (χ0) is 16.2. The number of nitrogens with zero attached hydrogens (tertiary/aromatic N) is 2. The normalized spacial score (nSPS) is 14.7. The van der Waals surface area contributed by atoms with Crippen LogP contribution in [-0.4, -0.2) is 44.1 Å². The van der Waals surface area contributed by atoms with Gasteiger partial charge in [0.05, 0.1) is 12.8 Å². The van der Waals surface area contributed by atoms with E-state index in [4.69, 9.17) is 16.3 Å². The molecule has 2 aromatic carbocycles. The van der Waals surface area contributed by atoms with Crippen LogP contribution in [-0.2, 0) is 0 Å². The minimum atomic E-state index is 0.0568. The third-order valence-corrected chi connectivity index (χ3v) is 4.34. The van der Waals surface area contributed by atoms with Crippen molar-refractivity contribution >= 4 is 23.2 Å². The lowest BCUT2D eigenvalue weighted by Gasteiger charge is -2.36. The largest absolute Gasteiger partial charge is 0.495 e. The molecular weight excluding hydrogens is 312 g/mol. The molecule has 1 aliphatic heterocycles. The number of methoxy groups -OCH3 is 1. The van der Waals surface area contributed by atoms with Crippen molar-refractivity contribution in [2.24, 2.45) is 0 Å². The van der Waals surface area contributed by atoms with Gasteiger partial charge in [-0.25, -0.2) is 0 Å². The first-order chi connectivity index (χ1) is 11.2. The second-order valence-electron chi connectivity index (χ2n) is 5.46. The van der Waals surface area contributed by atoms with E-state index in [1.54, 1.807) is 31.4 Å². The van der Waals surface area contributed by atoms with Crippen LogP contribution in [0.3, 0.4) is 0 Å². The van der Waals surface area contributed by atoms with Crippen molar-refractivity contribution in [3.05, 3.63) is 59.1 Å². The van der Waals surface area contributed by atoms with E-state index >= 15 is 0 Å². The highest BCUT2D eigenvalue weighted by Crippen LogP contribution is 2.28. The second kappa shape index (κ2) is 6.92. The van der Waals surface area contributed by atoms with E-state index in [0.717, 1.165) is 24.5 Å². The van der Waals surface area contributed by atoms with E-state index in [1.807, 2.05) is 23.1 Å². The molecule has 4 nitrogen and oxygen atoms in total. The third-order valence-electron chi connectivity index (χ3n) is 4.08. The van der Waals surface area contributed by atoms with Crippen molar-refractivity contribution in [1.82, 2.24) is 4.90 Å². The molecule has 1 saturated heterocycles. The van der Waals surface area contributed by atoms with Gasteiger partial charge in [0.25, 0.3) is 5.91 Å². The maximum absolute atomic E-state index is 12.5. The summed E-state index contributed by atoms with van der Waals surface area (Å²) in [7, 11) is 1.68. The van der Waals surface area contributed by atoms with Crippen molar-refractivity contribution < 1.29 is 9.53 Å². The summed E-state index contributed by atoms with van der Waals surface area (Å²) in [6.07, 6.45) is 0. The zero-order valence-electron chi connectivity index (χ0n) is 13.0. The minimum absolute atomic E-state index is 0.0568. The van der Waals surface area contributed by atoms with Crippen molar-refractivity contribution in [3.63, 3.8) is 0 Å². The Balaban J connectivity index is 1.66. The SMILES string of the molecule is COc1ccccc1N1CCN(C(=O)c2ccc(Cl)cc2)CC1. The van der Waals surface area contributed by atoms with Crippen LogP contribution >= 0.6 is 11.6 Å². The molecule has 5 heteroatoms. The Morgan fingerprint density at radius 1 is 1.00 bits per heavy atom. The molecule has 2 aromatic rings. The van der Waals surface area contributed by atoms with Gasteiger partial charge in [-0.05, 0) is 36.4 Å². The molecule has 23 heavy (non-hydrogen) atoms. The lowest BCUT2D eigenvalue weighted by atomic mass is 10.1. The average molecular weight is 331 g/mol. The van der Waals surface area contributed by atoms with Crippen LogP contribution in [0.25, 0.3) is 0 Å². The molecule has 0 N–H and O–H groups in total. The van der Waals surface area contributed by atoms with Crippen LogP contribution < -0.4 is 9.64 Å². The average Bonchev–Trinajstić information content (AvgIpc) is 2.62. The second-order valence-corrected chi connectivity index (χ2v) is 5.89. The van der Waals surface area contributed by atoms with Gasteiger partial charge in [-0.15, -0.1) is 0 Å². The summed E-state index contributed by atoms with van der Waals surface area (Å²) in [6, 6.07) is 15.0. The predicted octanol–water partition coefficient (Wildman–Crippen LogP) is 3.31. The number of halogens is 1. The number of piperazine rings is 1. The fourth-order valence-electron chi connectivity index (χ4n) is 2.82. The van der Waals surface area contributed by atoms with E-state index in [-0.39, 0.29) is 5.91 Å². The smallest absolute Gasteiger partial charge is 0.253 e. The fourth-order valence-corrected chi connectivity index (χ4v) is 2.94. The topological polar surface area (TPSA) is 32.8 Å². The third kappa shape index (κ3) is 3.42. The summed E-state index contributed by atoms with van der Waals surface area (Å²) < 4.78 is 5.42. The van der Waals surface area contributed by atoms with Gasteiger partial charge in [0.15, 0.2) is 0 Å². The lowest BCUT2D eigenvalue weighted by Crippen LogP contribution is -2.48. The molecule has 0 bridgehead atoms. The molecule has 0 unspecified atom stereocenters. The number of anilines is 1. The first-order valence-corrected chi connectivity index (χ1v) is 7.99. The number of ether oxygens (including phenoxy) is 1. The van der Waals surface area contributed by atoms with Gasteiger partial charge in [-0.1, -0.05) is 23.7 Å². The van der Waals surface area contributed by atoms with E-state index in [2.05, 4.69) is 11.0 Å². The summed E-state index contributed by atoms with van der Waals surface area (Å²) in [5.74, 6) is 0.923. The zero-order valence-corrected chi connectivity index (χ0v) is 13.8. The van der Waals surface area contributed by atoms with Crippen LogP contribution in [0.4, 0.5) is 5.69 Å². The minimum Gasteiger partial charge on any atom is -0.495 e.